The maximum Gasteiger partial charge on any atom is 0.335 e. The van der Waals surface area contributed by atoms with Crippen molar-refractivity contribution in [2.45, 2.75) is 0 Å². The third kappa shape index (κ3) is 6.53. The molecular weight excluding hydrogens is 494 g/mol. The number of hydrogen-bond donors (Lipinski definition) is 0. The molecule has 0 atom stereocenters. The maximum atomic E-state index is 11.8. The Balaban J connectivity index is 1.73. The Kier molecular flexibility index (Phi) is 8.43. The Morgan fingerprint density at radius 3 is 1.31 bits per heavy atom. The lowest BCUT2D eigenvalue weighted by molar-refractivity contribution is -0.129. The second-order valence-corrected chi connectivity index (χ2v) is 8.22. The van der Waals surface area contributed by atoms with E-state index in [0.717, 1.165) is 46.3 Å². The van der Waals surface area contributed by atoms with Crippen LogP contribution in [0.15, 0.2) is 116 Å². The number of hydrogen-bond acceptors (Lipinski definition) is 7. The van der Waals surface area contributed by atoms with Crippen molar-refractivity contribution in [2.75, 3.05) is 19.1 Å². The van der Waals surface area contributed by atoms with Gasteiger partial charge in [-0.1, -0.05) is 25.3 Å². The first-order valence-corrected chi connectivity index (χ1v) is 12.0. The van der Waals surface area contributed by atoms with Crippen LogP contribution < -0.4 is 23.8 Å². The molecule has 0 aliphatic heterocycles. The summed E-state index contributed by atoms with van der Waals surface area (Å²) in [4.78, 5) is 25.7. The topological polar surface area (TPSA) is 74.3 Å². The number of benzene rings is 4. The van der Waals surface area contributed by atoms with Crippen molar-refractivity contribution in [1.29, 1.82) is 0 Å². The van der Waals surface area contributed by atoms with E-state index in [1.807, 2.05) is 72.8 Å². The van der Waals surface area contributed by atoms with Gasteiger partial charge in [0.2, 0.25) is 0 Å². The van der Waals surface area contributed by atoms with Crippen molar-refractivity contribution in [2.24, 2.45) is 0 Å². The van der Waals surface area contributed by atoms with E-state index in [-0.39, 0.29) is 11.5 Å². The molecule has 0 bridgehead atoms. The summed E-state index contributed by atoms with van der Waals surface area (Å²) < 4.78 is 21.2. The number of ether oxygens (including phenoxy) is 4. The Bertz CT molecular complexity index is 1390. The van der Waals surface area contributed by atoms with Gasteiger partial charge in [-0.15, -0.1) is 0 Å². The first-order valence-electron chi connectivity index (χ1n) is 12.0. The number of rotatable bonds is 10. The van der Waals surface area contributed by atoms with Crippen molar-refractivity contribution in [1.82, 2.24) is 0 Å². The van der Waals surface area contributed by atoms with E-state index in [2.05, 4.69) is 18.1 Å². The highest BCUT2D eigenvalue weighted by atomic mass is 16.5. The lowest BCUT2D eigenvalue weighted by Crippen LogP contribution is -2.09. The number of esters is 2. The van der Waals surface area contributed by atoms with Gasteiger partial charge < -0.3 is 23.8 Å². The molecule has 0 saturated carbocycles. The Morgan fingerprint density at radius 2 is 0.949 bits per heavy atom. The van der Waals surface area contributed by atoms with E-state index in [9.17, 15) is 9.59 Å². The van der Waals surface area contributed by atoms with Crippen LogP contribution in [-0.2, 0) is 9.59 Å². The largest absolute Gasteiger partial charge is 0.497 e. The van der Waals surface area contributed by atoms with Gasteiger partial charge in [-0.25, -0.2) is 9.59 Å². The SMILES string of the molecule is C=CC(=O)Oc1cc(OC(=O)C=C)cc(-c2ccc(N(c3ccc(OC)cc3)c3ccc(OC)cc3)cc2)c1. The number of nitrogens with zero attached hydrogens (tertiary/aromatic N) is 1. The summed E-state index contributed by atoms with van der Waals surface area (Å²) in [5.74, 6) is 0.691. The van der Waals surface area contributed by atoms with E-state index in [1.165, 1.54) is 6.07 Å². The van der Waals surface area contributed by atoms with Gasteiger partial charge in [0.25, 0.3) is 0 Å². The highest BCUT2D eigenvalue weighted by Crippen LogP contribution is 2.38. The Labute approximate surface area is 227 Å². The molecular formula is C32H27NO6. The second kappa shape index (κ2) is 12.3. The van der Waals surface area contributed by atoms with E-state index < -0.39 is 11.9 Å². The molecule has 196 valence electrons. The van der Waals surface area contributed by atoms with Crippen LogP contribution in [0.2, 0.25) is 0 Å². The molecule has 0 aliphatic rings. The monoisotopic (exact) mass is 521 g/mol. The average molecular weight is 522 g/mol. The fraction of sp³-hybridized carbons (Fsp3) is 0.0625. The molecule has 0 saturated heterocycles. The normalized spacial score (nSPS) is 10.2. The summed E-state index contributed by atoms with van der Waals surface area (Å²) in [7, 11) is 3.26. The molecule has 7 nitrogen and oxygen atoms in total. The molecule has 7 heteroatoms. The van der Waals surface area contributed by atoms with E-state index in [0.29, 0.717) is 5.56 Å². The molecule has 39 heavy (non-hydrogen) atoms. The zero-order chi connectivity index (χ0) is 27.8. The molecule has 0 unspecified atom stereocenters. The van der Waals surface area contributed by atoms with Gasteiger partial charge in [0, 0.05) is 35.3 Å². The van der Waals surface area contributed by atoms with Crippen LogP contribution in [0, 0.1) is 0 Å². The van der Waals surface area contributed by atoms with Crippen LogP contribution in [-0.4, -0.2) is 26.2 Å². The van der Waals surface area contributed by atoms with Crippen LogP contribution in [0.3, 0.4) is 0 Å². The predicted octanol–water partition coefficient (Wildman–Crippen LogP) is 7.02. The number of anilines is 3. The minimum Gasteiger partial charge on any atom is -0.497 e. The zero-order valence-corrected chi connectivity index (χ0v) is 21.6. The third-order valence-electron chi connectivity index (χ3n) is 5.77. The van der Waals surface area contributed by atoms with Crippen molar-refractivity contribution in [3.05, 3.63) is 116 Å². The highest BCUT2D eigenvalue weighted by Gasteiger charge is 2.15. The van der Waals surface area contributed by atoms with E-state index >= 15 is 0 Å². The van der Waals surface area contributed by atoms with Gasteiger partial charge >= 0.3 is 11.9 Å². The van der Waals surface area contributed by atoms with E-state index in [4.69, 9.17) is 18.9 Å². The second-order valence-electron chi connectivity index (χ2n) is 8.22. The number of methoxy groups -OCH3 is 2. The molecule has 4 rings (SSSR count). The van der Waals surface area contributed by atoms with E-state index in [1.54, 1.807) is 26.4 Å². The summed E-state index contributed by atoms with van der Waals surface area (Å²) in [6.07, 6.45) is 2.12. The van der Waals surface area contributed by atoms with Crippen molar-refractivity contribution < 1.29 is 28.5 Å². The minimum absolute atomic E-state index is 0.214. The number of carbonyl (C=O) groups is 2. The molecule has 0 radical (unpaired) electrons. The molecule has 0 N–H and O–H groups in total. The Morgan fingerprint density at radius 1 is 0.564 bits per heavy atom. The lowest BCUT2D eigenvalue weighted by atomic mass is 10.0. The first kappa shape index (κ1) is 26.8. The van der Waals surface area contributed by atoms with Crippen LogP contribution >= 0.6 is 0 Å². The third-order valence-corrected chi connectivity index (χ3v) is 5.77. The molecule has 0 fully saturated rings. The first-order chi connectivity index (χ1) is 18.9. The van der Waals surface area contributed by atoms with Gasteiger partial charge in [-0.05, 0) is 83.9 Å². The van der Waals surface area contributed by atoms with Gasteiger partial charge in [0.1, 0.15) is 23.0 Å². The smallest absolute Gasteiger partial charge is 0.335 e. The molecule has 0 aliphatic carbocycles. The summed E-state index contributed by atoms with van der Waals surface area (Å²) in [6.45, 7) is 6.85. The van der Waals surface area contributed by atoms with Crippen LogP contribution in [0.1, 0.15) is 0 Å². The van der Waals surface area contributed by atoms with Gasteiger partial charge in [-0.2, -0.15) is 0 Å². The highest BCUT2D eigenvalue weighted by molar-refractivity contribution is 5.86. The standard InChI is InChI=1S/C32H27NO6/c1-5-31(34)38-29-19-23(20-30(21-29)39-32(35)6-2)22-7-9-24(10-8-22)33(25-11-15-27(36-3)16-12-25)26-13-17-28(37-4)18-14-26/h5-21H,1-2H2,3-4H3. The fourth-order valence-electron chi connectivity index (χ4n) is 3.88. The van der Waals surface area contributed by atoms with Crippen LogP contribution in [0.5, 0.6) is 23.0 Å². The summed E-state index contributed by atoms with van der Waals surface area (Å²) in [5, 5.41) is 0. The molecule has 4 aromatic carbocycles. The average Bonchev–Trinajstić information content (AvgIpc) is 2.98. The quantitative estimate of drug-likeness (QED) is 0.126. The van der Waals surface area contributed by atoms with Gasteiger partial charge in [0.05, 0.1) is 14.2 Å². The lowest BCUT2D eigenvalue weighted by Gasteiger charge is -2.26. The molecule has 4 aromatic rings. The zero-order valence-electron chi connectivity index (χ0n) is 21.6. The van der Waals surface area contributed by atoms with Gasteiger partial charge in [-0.3, -0.25) is 0 Å². The number of carbonyl (C=O) groups excluding carboxylic acids is 2. The molecule has 0 spiro atoms. The molecule has 0 aromatic heterocycles. The predicted molar refractivity (Wildman–Crippen MR) is 151 cm³/mol. The maximum absolute atomic E-state index is 11.8. The minimum atomic E-state index is -0.627. The Hall–Kier alpha value is -5.30. The van der Waals surface area contributed by atoms with Crippen molar-refractivity contribution >= 4 is 29.0 Å². The molecule has 0 amide bonds. The van der Waals surface area contributed by atoms with Crippen LogP contribution in [0.4, 0.5) is 17.1 Å². The van der Waals surface area contributed by atoms with Crippen molar-refractivity contribution in [3.8, 4) is 34.1 Å². The summed E-state index contributed by atoms with van der Waals surface area (Å²) in [6, 6.07) is 28.2. The van der Waals surface area contributed by atoms with Crippen molar-refractivity contribution in [3.63, 3.8) is 0 Å². The summed E-state index contributed by atoms with van der Waals surface area (Å²) >= 11 is 0. The molecule has 0 heterocycles. The fourth-order valence-corrected chi connectivity index (χ4v) is 3.88. The van der Waals surface area contributed by atoms with Gasteiger partial charge in [0.15, 0.2) is 0 Å². The summed E-state index contributed by atoms with van der Waals surface area (Å²) in [5.41, 5.74) is 4.27. The van der Waals surface area contributed by atoms with Crippen LogP contribution in [0.25, 0.3) is 11.1 Å².